The van der Waals surface area contributed by atoms with Gasteiger partial charge in [0.2, 0.25) is 0 Å². The van der Waals surface area contributed by atoms with Gasteiger partial charge in [0, 0.05) is 0 Å². The standard InChI is InChI=1S/C14H20O2/c1-2-3-16-13(15)14-7-10-4-11(8-14)6-12(5-10)9-14/h2,10-12H,1,3-9H2. The first-order valence-electron chi connectivity index (χ1n) is 6.50. The van der Waals surface area contributed by atoms with Crippen molar-refractivity contribution < 1.29 is 9.53 Å². The monoisotopic (exact) mass is 220 g/mol. The summed E-state index contributed by atoms with van der Waals surface area (Å²) in [4.78, 5) is 12.2. The van der Waals surface area contributed by atoms with Crippen LogP contribution in [0.3, 0.4) is 0 Å². The van der Waals surface area contributed by atoms with Crippen LogP contribution in [0.25, 0.3) is 0 Å². The molecular weight excluding hydrogens is 200 g/mol. The fourth-order valence-corrected chi connectivity index (χ4v) is 4.65. The van der Waals surface area contributed by atoms with Gasteiger partial charge >= 0.3 is 5.97 Å². The van der Waals surface area contributed by atoms with E-state index in [0.717, 1.165) is 37.0 Å². The number of rotatable bonds is 3. The molecule has 2 heteroatoms. The van der Waals surface area contributed by atoms with Crippen LogP contribution in [0.2, 0.25) is 0 Å². The molecule has 0 saturated heterocycles. The van der Waals surface area contributed by atoms with Gasteiger partial charge in [-0.2, -0.15) is 0 Å². The first-order chi connectivity index (χ1) is 7.72. The fraction of sp³-hybridized carbons (Fsp3) is 0.786. The Morgan fingerprint density at radius 2 is 1.69 bits per heavy atom. The lowest BCUT2D eigenvalue weighted by Gasteiger charge is -2.55. The van der Waals surface area contributed by atoms with Crippen molar-refractivity contribution in [2.75, 3.05) is 6.61 Å². The highest BCUT2D eigenvalue weighted by molar-refractivity contribution is 5.77. The SMILES string of the molecule is C=CCOC(=O)C12CC3CC(CC(C3)C1)C2. The normalized spacial score (nSPS) is 44.4. The minimum Gasteiger partial charge on any atom is -0.461 e. The third-order valence-electron chi connectivity index (χ3n) is 4.80. The van der Waals surface area contributed by atoms with Crippen molar-refractivity contribution in [3.8, 4) is 0 Å². The summed E-state index contributed by atoms with van der Waals surface area (Å²) in [5, 5.41) is 0. The third kappa shape index (κ3) is 1.50. The van der Waals surface area contributed by atoms with Gasteiger partial charge in [0.05, 0.1) is 5.41 Å². The van der Waals surface area contributed by atoms with Crippen LogP contribution in [-0.4, -0.2) is 12.6 Å². The van der Waals surface area contributed by atoms with Crippen LogP contribution in [0.4, 0.5) is 0 Å². The van der Waals surface area contributed by atoms with Gasteiger partial charge in [0.25, 0.3) is 0 Å². The average molecular weight is 220 g/mol. The van der Waals surface area contributed by atoms with Gasteiger partial charge in [0.1, 0.15) is 6.61 Å². The zero-order valence-corrected chi connectivity index (χ0v) is 9.78. The van der Waals surface area contributed by atoms with E-state index in [9.17, 15) is 4.79 Å². The van der Waals surface area contributed by atoms with Crippen LogP contribution in [0, 0.1) is 23.2 Å². The molecule has 0 aromatic carbocycles. The molecule has 0 spiro atoms. The van der Waals surface area contributed by atoms with Crippen molar-refractivity contribution in [2.24, 2.45) is 23.2 Å². The zero-order chi connectivity index (χ0) is 11.2. The van der Waals surface area contributed by atoms with Crippen molar-refractivity contribution in [1.29, 1.82) is 0 Å². The summed E-state index contributed by atoms with van der Waals surface area (Å²) in [6.07, 6.45) is 9.05. The van der Waals surface area contributed by atoms with Crippen molar-refractivity contribution in [2.45, 2.75) is 38.5 Å². The number of carbonyl (C=O) groups is 1. The maximum absolute atomic E-state index is 12.2. The molecule has 0 atom stereocenters. The molecule has 4 aliphatic rings. The Bertz CT molecular complexity index is 283. The van der Waals surface area contributed by atoms with Gasteiger partial charge < -0.3 is 4.74 Å². The van der Waals surface area contributed by atoms with E-state index < -0.39 is 0 Å². The molecule has 2 nitrogen and oxygen atoms in total. The highest BCUT2D eigenvalue weighted by Gasteiger charge is 2.55. The molecule has 4 rings (SSSR count). The van der Waals surface area contributed by atoms with E-state index in [4.69, 9.17) is 4.74 Å². The van der Waals surface area contributed by atoms with Gasteiger partial charge in [0.15, 0.2) is 0 Å². The van der Waals surface area contributed by atoms with Crippen LogP contribution >= 0.6 is 0 Å². The number of ether oxygens (including phenoxy) is 1. The number of hydrogen-bond acceptors (Lipinski definition) is 2. The van der Waals surface area contributed by atoms with E-state index >= 15 is 0 Å². The number of carbonyl (C=O) groups excluding carboxylic acids is 1. The second-order valence-electron chi connectivity index (χ2n) is 6.09. The number of esters is 1. The lowest BCUT2D eigenvalue weighted by atomic mass is 9.49. The Balaban J connectivity index is 1.77. The first kappa shape index (κ1) is 10.4. The van der Waals surface area contributed by atoms with Gasteiger partial charge in [-0.15, -0.1) is 0 Å². The summed E-state index contributed by atoms with van der Waals surface area (Å²) in [5.74, 6) is 2.49. The van der Waals surface area contributed by atoms with Gasteiger partial charge in [-0.25, -0.2) is 0 Å². The van der Waals surface area contributed by atoms with Crippen LogP contribution in [0.15, 0.2) is 12.7 Å². The van der Waals surface area contributed by atoms with E-state index in [1.165, 1.54) is 19.3 Å². The minimum atomic E-state index is -0.0994. The second kappa shape index (κ2) is 3.61. The highest BCUT2D eigenvalue weighted by Crippen LogP contribution is 2.60. The summed E-state index contributed by atoms with van der Waals surface area (Å²) in [6.45, 7) is 3.98. The van der Waals surface area contributed by atoms with Crippen LogP contribution in [0.1, 0.15) is 38.5 Å². The molecule has 0 aromatic heterocycles. The molecule has 0 radical (unpaired) electrons. The average Bonchev–Trinajstić information content (AvgIpc) is 2.24. The quantitative estimate of drug-likeness (QED) is 0.540. The van der Waals surface area contributed by atoms with Crippen LogP contribution in [-0.2, 0) is 9.53 Å². The summed E-state index contributed by atoms with van der Waals surface area (Å²) in [7, 11) is 0. The van der Waals surface area contributed by atoms with Crippen molar-refractivity contribution in [3.63, 3.8) is 0 Å². The van der Waals surface area contributed by atoms with Crippen LogP contribution < -0.4 is 0 Å². The third-order valence-corrected chi connectivity index (χ3v) is 4.80. The van der Waals surface area contributed by atoms with Gasteiger partial charge in [-0.1, -0.05) is 12.7 Å². The van der Waals surface area contributed by atoms with E-state index in [1.54, 1.807) is 6.08 Å². The topological polar surface area (TPSA) is 26.3 Å². The van der Waals surface area contributed by atoms with E-state index in [1.807, 2.05) is 0 Å². The Labute approximate surface area is 97.1 Å². The van der Waals surface area contributed by atoms with E-state index in [0.29, 0.717) is 6.61 Å². The predicted molar refractivity (Wildman–Crippen MR) is 61.8 cm³/mol. The predicted octanol–water partition coefficient (Wildman–Crippen LogP) is 2.93. The molecule has 0 aromatic rings. The van der Waals surface area contributed by atoms with Gasteiger partial charge in [-0.05, 0) is 56.3 Å². The Morgan fingerprint density at radius 1 is 1.19 bits per heavy atom. The smallest absolute Gasteiger partial charge is 0.312 e. The molecule has 4 bridgehead atoms. The maximum Gasteiger partial charge on any atom is 0.312 e. The first-order valence-corrected chi connectivity index (χ1v) is 6.50. The number of hydrogen-bond donors (Lipinski definition) is 0. The lowest BCUT2D eigenvalue weighted by Crippen LogP contribution is -2.50. The summed E-state index contributed by atoms with van der Waals surface area (Å²) in [5.41, 5.74) is -0.0994. The molecule has 4 saturated carbocycles. The Hall–Kier alpha value is -0.790. The summed E-state index contributed by atoms with van der Waals surface area (Å²) < 4.78 is 5.32. The largest absolute Gasteiger partial charge is 0.461 e. The molecule has 0 heterocycles. The Morgan fingerprint density at radius 3 is 2.12 bits per heavy atom. The molecule has 0 unspecified atom stereocenters. The fourth-order valence-electron chi connectivity index (χ4n) is 4.65. The zero-order valence-electron chi connectivity index (χ0n) is 9.78. The molecule has 88 valence electrons. The van der Waals surface area contributed by atoms with Crippen molar-refractivity contribution in [3.05, 3.63) is 12.7 Å². The molecule has 0 aliphatic heterocycles. The molecule has 4 aliphatic carbocycles. The lowest BCUT2D eigenvalue weighted by molar-refractivity contribution is -0.170. The van der Waals surface area contributed by atoms with E-state index in [-0.39, 0.29) is 11.4 Å². The molecule has 16 heavy (non-hydrogen) atoms. The van der Waals surface area contributed by atoms with Crippen molar-refractivity contribution in [1.82, 2.24) is 0 Å². The molecular formula is C14H20O2. The maximum atomic E-state index is 12.2. The minimum absolute atomic E-state index is 0.0616. The van der Waals surface area contributed by atoms with Crippen molar-refractivity contribution >= 4 is 5.97 Å². The highest BCUT2D eigenvalue weighted by atomic mass is 16.5. The molecule has 0 amide bonds. The summed E-state index contributed by atoms with van der Waals surface area (Å²) in [6, 6.07) is 0. The molecule has 4 fully saturated rings. The molecule has 0 N–H and O–H groups in total. The van der Waals surface area contributed by atoms with Gasteiger partial charge in [-0.3, -0.25) is 4.79 Å². The van der Waals surface area contributed by atoms with E-state index in [2.05, 4.69) is 6.58 Å². The summed E-state index contributed by atoms with van der Waals surface area (Å²) >= 11 is 0. The van der Waals surface area contributed by atoms with Crippen LogP contribution in [0.5, 0.6) is 0 Å². The second-order valence-corrected chi connectivity index (χ2v) is 6.09. The Kier molecular flexibility index (Phi) is 2.34.